The molecule has 2 aliphatic rings. The van der Waals surface area contributed by atoms with Crippen LogP contribution in [-0.4, -0.2) is 63.3 Å². The molecule has 0 saturated carbocycles. The Hall–Kier alpha value is -0.790. The van der Waals surface area contributed by atoms with Crippen molar-refractivity contribution in [1.29, 1.82) is 0 Å². The normalized spacial score (nSPS) is 39.0. The second-order valence-electron chi connectivity index (χ2n) is 10.8. The lowest BCUT2D eigenvalue weighted by molar-refractivity contribution is -0.197. The summed E-state index contributed by atoms with van der Waals surface area (Å²) in [5.41, 5.74) is -0.478. The number of carbonyl (C=O) groups is 1. The van der Waals surface area contributed by atoms with E-state index in [4.69, 9.17) is 9.47 Å². The smallest absolute Gasteiger partial charge is 0.164 e. The molecule has 2 rings (SSSR count). The third-order valence-electron chi connectivity index (χ3n) is 7.86. The maximum atomic E-state index is 13.0. The molecular weight excluding hydrogens is 396 g/mol. The zero-order valence-corrected chi connectivity index (χ0v) is 20.4. The molecule has 0 bridgehead atoms. The van der Waals surface area contributed by atoms with Gasteiger partial charge in [0.2, 0.25) is 0 Å². The lowest BCUT2D eigenvalue weighted by Crippen LogP contribution is -2.54. The van der Waals surface area contributed by atoms with E-state index in [0.717, 1.165) is 5.57 Å². The van der Waals surface area contributed by atoms with Gasteiger partial charge < -0.3 is 24.8 Å². The minimum Gasteiger partial charge on any atom is -0.393 e. The standard InChI is InChI=1S/C25H44O6/c1-9-18(26)11-22-24(6,7)21(28)12-20(30-22)14(2)10-19(27)23(29)25(8)13-15(3)16(4)17(5)31-25/h14,16-18,20-23,26,28-29H,3,9-13H2,1-2,4-8H3. The average Bonchev–Trinajstić information content (AvgIpc) is 2.68. The van der Waals surface area contributed by atoms with E-state index >= 15 is 0 Å². The van der Waals surface area contributed by atoms with Gasteiger partial charge in [-0.25, -0.2) is 0 Å². The summed E-state index contributed by atoms with van der Waals surface area (Å²) in [7, 11) is 0. The predicted molar refractivity (Wildman–Crippen MR) is 121 cm³/mol. The molecule has 0 radical (unpaired) electrons. The van der Waals surface area contributed by atoms with Crippen molar-refractivity contribution in [1.82, 2.24) is 0 Å². The van der Waals surface area contributed by atoms with Crippen LogP contribution in [-0.2, 0) is 14.3 Å². The first kappa shape index (κ1) is 26.5. The third kappa shape index (κ3) is 5.77. The van der Waals surface area contributed by atoms with Crippen LogP contribution in [0.4, 0.5) is 0 Å². The molecule has 180 valence electrons. The highest BCUT2D eigenvalue weighted by atomic mass is 16.5. The average molecular weight is 441 g/mol. The van der Waals surface area contributed by atoms with E-state index in [0.29, 0.717) is 25.7 Å². The highest BCUT2D eigenvalue weighted by Gasteiger charge is 2.48. The summed E-state index contributed by atoms with van der Waals surface area (Å²) in [6, 6.07) is 0. The van der Waals surface area contributed by atoms with Gasteiger partial charge in [0.05, 0.1) is 30.5 Å². The van der Waals surface area contributed by atoms with E-state index in [9.17, 15) is 20.1 Å². The van der Waals surface area contributed by atoms with Crippen molar-refractivity contribution in [2.75, 3.05) is 0 Å². The minimum atomic E-state index is -1.25. The van der Waals surface area contributed by atoms with Gasteiger partial charge in [0.15, 0.2) is 5.78 Å². The summed E-state index contributed by atoms with van der Waals surface area (Å²) in [5.74, 6) is -0.274. The molecular formula is C25H44O6. The molecule has 0 aromatic carbocycles. The fourth-order valence-corrected chi connectivity index (χ4v) is 4.89. The zero-order valence-electron chi connectivity index (χ0n) is 20.4. The molecule has 0 amide bonds. The number of aliphatic hydroxyl groups excluding tert-OH is 3. The quantitative estimate of drug-likeness (QED) is 0.501. The molecule has 0 aliphatic carbocycles. The van der Waals surface area contributed by atoms with Crippen LogP contribution < -0.4 is 0 Å². The number of ketones is 1. The van der Waals surface area contributed by atoms with Crippen molar-refractivity contribution in [3.63, 3.8) is 0 Å². The molecule has 9 atom stereocenters. The fourth-order valence-electron chi connectivity index (χ4n) is 4.89. The summed E-state index contributed by atoms with van der Waals surface area (Å²) in [5, 5.41) is 31.8. The molecule has 2 fully saturated rings. The van der Waals surface area contributed by atoms with E-state index in [-0.39, 0.29) is 42.4 Å². The van der Waals surface area contributed by atoms with Crippen LogP contribution >= 0.6 is 0 Å². The van der Waals surface area contributed by atoms with E-state index < -0.39 is 29.3 Å². The van der Waals surface area contributed by atoms with E-state index in [1.807, 2.05) is 41.5 Å². The first-order valence-corrected chi connectivity index (χ1v) is 11.8. The maximum absolute atomic E-state index is 13.0. The molecule has 0 aromatic rings. The summed E-state index contributed by atoms with van der Waals surface area (Å²) in [6.07, 6.45) is -0.980. The molecule has 9 unspecified atom stereocenters. The van der Waals surface area contributed by atoms with Crippen LogP contribution in [0.2, 0.25) is 0 Å². The number of hydrogen-bond acceptors (Lipinski definition) is 6. The number of Topliss-reactive ketones (excluding diaryl/α,β-unsaturated/α-hetero) is 1. The summed E-state index contributed by atoms with van der Waals surface area (Å²) >= 11 is 0. The van der Waals surface area contributed by atoms with Gasteiger partial charge in [-0.15, -0.1) is 0 Å². The second kappa shape index (κ2) is 10.0. The van der Waals surface area contributed by atoms with Crippen LogP contribution in [0.3, 0.4) is 0 Å². The molecule has 6 heteroatoms. The van der Waals surface area contributed by atoms with Crippen LogP contribution in [0.25, 0.3) is 0 Å². The van der Waals surface area contributed by atoms with Crippen LogP contribution in [0.5, 0.6) is 0 Å². The Morgan fingerprint density at radius 3 is 2.42 bits per heavy atom. The van der Waals surface area contributed by atoms with Gasteiger partial charge in [-0.3, -0.25) is 4.79 Å². The third-order valence-corrected chi connectivity index (χ3v) is 7.86. The van der Waals surface area contributed by atoms with Gasteiger partial charge in [-0.05, 0) is 26.2 Å². The highest BCUT2D eigenvalue weighted by Crippen LogP contribution is 2.42. The Morgan fingerprint density at radius 2 is 1.87 bits per heavy atom. The van der Waals surface area contributed by atoms with Gasteiger partial charge in [0, 0.05) is 37.0 Å². The highest BCUT2D eigenvalue weighted by molar-refractivity contribution is 5.84. The molecule has 3 N–H and O–H groups in total. The monoisotopic (exact) mass is 440 g/mol. The molecule has 2 heterocycles. The second-order valence-corrected chi connectivity index (χ2v) is 10.8. The van der Waals surface area contributed by atoms with Crippen molar-refractivity contribution in [2.45, 2.75) is 123 Å². The van der Waals surface area contributed by atoms with Crippen molar-refractivity contribution in [2.24, 2.45) is 17.3 Å². The summed E-state index contributed by atoms with van der Waals surface area (Å²) in [4.78, 5) is 13.0. The molecule has 31 heavy (non-hydrogen) atoms. The first-order chi connectivity index (χ1) is 14.2. The molecule has 2 aliphatic heterocycles. The molecule has 2 saturated heterocycles. The van der Waals surface area contributed by atoms with E-state index in [2.05, 4.69) is 6.58 Å². The Kier molecular flexibility index (Phi) is 8.54. The summed E-state index contributed by atoms with van der Waals surface area (Å²) < 4.78 is 12.4. The maximum Gasteiger partial charge on any atom is 0.164 e. The van der Waals surface area contributed by atoms with Gasteiger partial charge in [0.25, 0.3) is 0 Å². The number of aliphatic hydroxyl groups is 3. The topological polar surface area (TPSA) is 96.2 Å². The first-order valence-electron chi connectivity index (χ1n) is 11.8. The molecule has 6 nitrogen and oxygen atoms in total. The van der Waals surface area contributed by atoms with E-state index in [1.54, 1.807) is 6.92 Å². The van der Waals surface area contributed by atoms with Crippen molar-refractivity contribution in [3.05, 3.63) is 12.2 Å². The van der Waals surface area contributed by atoms with Crippen LogP contribution in [0, 0.1) is 17.3 Å². The molecule has 0 aromatic heterocycles. The van der Waals surface area contributed by atoms with Gasteiger partial charge in [0.1, 0.15) is 11.7 Å². The largest absolute Gasteiger partial charge is 0.393 e. The van der Waals surface area contributed by atoms with Gasteiger partial charge in [-0.1, -0.05) is 46.8 Å². The van der Waals surface area contributed by atoms with Crippen LogP contribution in [0.15, 0.2) is 12.2 Å². The predicted octanol–water partition coefficient (Wildman–Crippen LogP) is 3.41. The van der Waals surface area contributed by atoms with Gasteiger partial charge >= 0.3 is 0 Å². The Morgan fingerprint density at radius 1 is 1.26 bits per heavy atom. The Labute approximate surface area is 188 Å². The van der Waals surface area contributed by atoms with E-state index in [1.165, 1.54) is 0 Å². The minimum absolute atomic E-state index is 0.115. The lowest BCUT2D eigenvalue weighted by Gasteiger charge is -2.48. The summed E-state index contributed by atoms with van der Waals surface area (Å²) in [6.45, 7) is 17.6. The number of rotatable bonds is 8. The Balaban J connectivity index is 2.05. The van der Waals surface area contributed by atoms with Crippen molar-refractivity contribution < 1.29 is 29.6 Å². The number of ether oxygens (including phenoxy) is 2. The molecule has 0 spiro atoms. The SMILES string of the molecule is C=C1CC(C)(C(O)C(=O)CC(C)C2CC(O)C(C)(C)C(CC(O)CC)O2)OC(C)C1C. The number of carbonyl (C=O) groups excluding carboxylic acids is 1. The van der Waals surface area contributed by atoms with Crippen molar-refractivity contribution in [3.8, 4) is 0 Å². The fraction of sp³-hybridized carbons (Fsp3) is 0.880. The van der Waals surface area contributed by atoms with Crippen molar-refractivity contribution >= 4 is 5.78 Å². The zero-order chi connectivity index (χ0) is 23.7. The Bertz CT molecular complexity index is 646. The number of hydrogen-bond donors (Lipinski definition) is 3. The lowest BCUT2D eigenvalue weighted by atomic mass is 9.72. The van der Waals surface area contributed by atoms with Gasteiger partial charge in [-0.2, -0.15) is 0 Å². The van der Waals surface area contributed by atoms with Crippen LogP contribution in [0.1, 0.15) is 80.6 Å².